The van der Waals surface area contributed by atoms with Gasteiger partial charge in [-0.15, -0.1) is 12.4 Å². The van der Waals surface area contributed by atoms with Gasteiger partial charge in [0.25, 0.3) is 0 Å². The Balaban J connectivity index is 0.00000192. The monoisotopic (exact) mass is 332 g/mol. The first-order valence-electron chi connectivity index (χ1n) is 7.63. The highest BCUT2D eigenvalue weighted by Gasteiger charge is 2.13. The molecule has 0 aromatic heterocycles. The molecule has 23 heavy (non-hydrogen) atoms. The fourth-order valence-electron chi connectivity index (χ4n) is 2.73. The molecule has 1 aliphatic heterocycles. The van der Waals surface area contributed by atoms with Gasteiger partial charge in [0.15, 0.2) is 0 Å². The van der Waals surface area contributed by atoms with Gasteiger partial charge in [-0.3, -0.25) is 0 Å². The van der Waals surface area contributed by atoms with Gasteiger partial charge in [-0.2, -0.15) is 0 Å². The number of hydrogen-bond donors (Lipinski definition) is 2. The SMILES string of the molecule is CCOC(=O)c1cccc(NCc2cccc3c2NCC3)c1.Cl. The van der Waals surface area contributed by atoms with E-state index in [4.69, 9.17) is 4.74 Å². The number of carbonyl (C=O) groups is 1. The number of hydrogen-bond acceptors (Lipinski definition) is 4. The van der Waals surface area contributed by atoms with Gasteiger partial charge in [-0.25, -0.2) is 4.79 Å². The first kappa shape index (κ1) is 17.2. The molecule has 2 aromatic rings. The lowest BCUT2D eigenvalue weighted by Crippen LogP contribution is -2.06. The van der Waals surface area contributed by atoms with Crippen molar-refractivity contribution in [2.45, 2.75) is 19.9 Å². The van der Waals surface area contributed by atoms with Crippen molar-refractivity contribution < 1.29 is 9.53 Å². The number of esters is 1. The van der Waals surface area contributed by atoms with E-state index in [2.05, 4.69) is 28.8 Å². The van der Waals surface area contributed by atoms with Crippen LogP contribution in [0.5, 0.6) is 0 Å². The highest BCUT2D eigenvalue weighted by Crippen LogP contribution is 2.27. The summed E-state index contributed by atoms with van der Waals surface area (Å²) in [6.45, 7) is 3.93. The summed E-state index contributed by atoms with van der Waals surface area (Å²) in [4.78, 5) is 11.8. The molecule has 0 radical (unpaired) electrons. The first-order valence-corrected chi connectivity index (χ1v) is 7.63. The van der Waals surface area contributed by atoms with Crippen LogP contribution in [-0.4, -0.2) is 19.1 Å². The predicted molar refractivity (Wildman–Crippen MR) is 95.6 cm³/mol. The summed E-state index contributed by atoms with van der Waals surface area (Å²) in [6.07, 6.45) is 1.08. The van der Waals surface area contributed by atoms with E-state index in [9.17, 15) is 4.79 Å². The maximum Gasteiger partial charge on any atom is 0.338 e. The van der Waals surface area contributed by atoms with Crippen molar-refractivity contribution in [2.75, 3.05) is 23.8 Å². The van der Waals surface area contributed by atoms with Crippen LogP contribution in [0, 0.1) is 0 Å². The fourth-order valence-corrected chi connectivity index (χ4v) is 2.73. The molecule has 0 bridgehead atoms. The van der Waals surface area contributed by atoms with E-state index in [0.717, 1.165) is 25.2 Å². The molecule has 0 atom stereocenters. The van der Waals surface area contributed by atoms with E-state index < -0.39 is 0 Å². The number of benzene rings is 2. The summed E-state index contributed by atoms with van der Waals surface area (Å²) in [5.74, 6) is -0.284. The lowest BCUT2D eigenvalue weighted by molar-refractivity contribution is 0.0526. The van der Waals surface area contributed by atoms with Crippen LogP contribution < -0.4 is 10.6 Å². The van der Waals surface area contributed by atoms with Crippen molar-refractivity contribution in [3.63, 3.8) is 0 Å². The minimum Gasteiger partial charge on any atom is -0.462 e. The van der Waals surface area contributed by atoms with Crippen molar-refractivity contribution in [3.05, 3.63) is 59.2 Å². The first-order chi connectivity index (χ1) is 10.8. The Morgan fingerprint density at radius 2 is 2.09 bits per heavy atom. The molecule has 122 valence electrons. The molecule has 2 aromatic carbocycles. The van der Waals surface area contributed by atoms with Crippen LogP contribution in [0.15, 0.2) is 42.5 Å². The van der Waals surface area contributed by atoms with E-state index in [1.165, 1.54) is 16.8 Å². The Kier molecular flexibility index (Phi) is 5.88. The topological polar surface area (TPSA) is 50.4 Å². The Hall–Kier alpha value is -2.20. The van der Waals surface area contributed by atoms with Crippen LogP contribution in [0.2, 0.25) is 0 Å². The summed E-state index contributed by atoms with van der Waals surface area (Å²) in [7, 11) is 0. The number of ether oxygens (including phenoxy) is 1. The molecular weight excluding hydrogens is 312 g/mol. The molecule has 5 heteroatoms. The smallest absolute Gasteiger partial charge is 0.338 e. The second kappa shape index (κ2) is 7.88. The van der Waals surface area contributed by atoms with Gasteiger partial charge < -0.3 is 15.4 Å². The number of anilines is 2. The van der Waals surface area contributed by atoms with Crippen molar-refractivity contribution >= 4 is 29.8 Å². The number of nitrogens with one attached hydrogen (secondary N) is 2. The van der Waals surface area contributed by atoms with Gasteiger partial charge in [0.2, 0.25) is 0 Å². The Morgan fingerprint density at radius 1 is 1.26 bits per heavy atom. The van der Waals surface area contributed by atoms with Gasteiger partial charge in [0, 0.05) is 24.5 Å². The number of carbonyl (C=O) groups excluding carboxylic acids is 1. The third-order valence-electron chi connectivity index (χ3n) is 3.79. The van der Waals surface area contributed by atoms with Crippen LogP contribution in [0.25, 0.3) is 0 Å². The van der Waals surface area contributed by atoms with Crippen molar-refractivity contribution in [1.82, 2.24) is 0 Å². The van der Waals surface area contributed by atoms with Gasteiger partial charge in [-0.05, 0) is 42.7 Å². The molecule has 0 amide bonds. The number of halogens is 1. The molecule has 0 spiro atoms. The van der Waals surface area contributed by atoms with E-state index in [1.54, 1.807) is 6.07 Å². The van der Waals surface area contributed by atoms with E-state index in [1.807, 2.05) is 25.1 Å². The largest absolute Gasteiger partial charge is 0.462 e. The molecule has 0 saturated carbocycles. The summed E-state index contributed by atoms with van der Waals surface area (Å²) in [5.41, 5.74) is 5.36. The summed E-state index contributed by atoms with van der Waals surface area (Å²) >= 11 is 0. The van der Waals surface area contributed by atoms with E-state index in [0.29, 0.717) is 12.2 Å². The average Bonchev–Trinajstić information content (AvgIpc) is 3.02. The van der Waals surface area contributed by atoms with E-state index >= 15 is 0 Å². The predicted octanol–water partition coefficient (Wildman–Crippen LogP) is 3.87. The minimum atomic E-state index is -0.284. The van der Waals surface area contributed by atoms with Crippen LogP contribution in [0.3, 0.4) is 0 Å². The van der Waals surface area contributed by atoms with Gasteiger partial charge in [0.05, 0.1) is 12.2 Å². The fraction of sp³-hybridized carbons (Fsp3) is 0.278. The molecule has 1 heterocycles. The van der Waals surface area contributed by atoms with Crippen molar-refractivity contribution in [1.29, 1.82) is 0 Å². The molecule has 0 saturated heterocycles. The van der Waals surface area contributed by atoms with Crippen molar-refractivity contribution in [2.24, 2.45) is 0 Å². The standard InChI is InChI=1S/C18H20N2O2.ClH/c1-2-22-18(21)14-6-4-8-16(11-14)20-12-15-7-3-5-13-9-10-19-17(13)15;/h3-8,11,19-20H,2,9-10,12H2,1H3;1H. The highest BCUT2D eigenvalue weighted by molar-refractivity contribution is 5.90. The van der Waals surface area contributed by atoms with Crippen LogP contribution in [-0.2, 0) is 17.7 Å². The van der Waals surface area contributed by atoms with Crippen LogP contribution in [0.4, 0.5) is 11.4 Å². The Morgan fingerprint density at radius 3 is 2.91 bits per heavy atom. The van der Waals surface area contributed by atoms with Gasteiger partial charge >= 0.3 is 5.97 Å². The number of rotatable bonds is 5. The van der Waals surface area contributed by atoms with Crippen LogP contribution >= 0.6 is 12.4 Å². The van der Waals surface area contributed by atoms with Crippen molar-refractivity contribution in [3.8, 4) is 0 Å². The second-order valence-electron chi connectivity index (χ2n) is 5.28. The Bertz CT molecular complexity index is 688. The maximum absolute atomic E-state index is 11.8. The summed E-state index contributed by atoms with van der Waals surface area (Å²) in [5, 5.41) is 6.82. The highest BCUT2D eigenvalue weighted by atomic mass is 35.5. The summed E-state index contributed by atoms with van der Waals surface area (Å²) in [6, 6.07) is 13.8. The molecular formula is C18H21ClN2O2. The van der Waals surface area contributed by atoms with E-state index in [-0.39, 0.29) is 18.4 Å². The quantitative estimate of drug-likeness (QED) is 0.816. The zero-order valence-corrected chi connectivity index (χ0v) is 13.9. The van der Waals surface area contributed by atoms with Crippen LogP contribution in [0.1, 0.15) is 28.4 Å². The molecule has 0 unspecified atom stereocenters. The summed E-state index contributed by atoms with van der Waals surface area (Å²) < 4.78 is 5.03. The molecule has 1 aliphatic rings. The Labute approximate surface area is 142 Å². The molecule has 3 rings (SSSR count). The van der Waals surface area contributed by atoms with Gasteiger partial charge in [0.1, 0.15) is 0 Å². The lowest BCUT2D eigenvalue weighted by Gasteiger charge is -2.12. The number of fused-ring (bicyclic) bond motifs is 1. The average molecular weight is 333 g/mol. The third-order valence-corrected chi connectivity index (χ3v) is 3.79. The normalized spacial score (nSPS) is 11.9. The second-order valence-corrected chi connectivity index (χ2v) is 5.28. The maximum atomic E-state index is 11.8. The lowest BCUT2D eigenvalue weighted by atomic mass is 10.1. The third kappa shape index (κ3) is 3.96. The molecule has 4 nitrogen and oxygen atoms in total. The molecule has 2 N–H and O–H groups in total. The zero-order valence-electron chi connectivity index (χ0n) is 13.1. The van der Waals surface area contributed by atoms with Gasteiger partial charge in [-0.1, -0.05) is 24.3 Å². The number of para-hydroxylation sites is 1. The zero-order chi connectivity index (χ0) is 15.4. The molecule has 0 fully saturated rings. The minimum absolute atomic E-state index is 0. The molecule has 0 aliphatic carbocycles.